The fourth-order valence-electron chi connectivity index (χ4n) is 2.40. The Morgan fingerprint density at radius 2 is 1.21 bits per heavy atom. The molecule has 0 heterocycles. The molecule has 5 heteroatoms. The predicted molar refractivity (Wildman–Crippen MR) is 109 cm³/mol. The second-order valence-corrected chi connectivity index (χ2v) is 5.99. The number of ether oxygens (including phenoxy) is 2. The van der Waals surface area contributed by atoms with Gasteiger partial charge in [0.1, 0.15) is 17.3 Å². The highest BCUT2D eigenvalue weighted by Crippen LogP contribution is 2.18. The van der Waals surface area contributed by atoms with Crippen LogP contribution in [0.25, 0.3) is 12.2 Å². The van der Waals surface area contributed by atoms with E-state index in [-0.39, 0.29) is 5.82 Å². The summed E-state index contributed by atoms with van der Waals surface area (Å²) in [6.45, 7) is 3.32. The molecule has 3 aromatic carbocycles. The van der Waals surface area contributed by atoms with Gasteiger partial charge >= 0.3 is 11.9 Å². The van der Waals surface area contributed by atoms with Gasteiger partial charge in [-0.25, -0.2) is 14.0 Å². The predicted octanol–water partition coefficient (Wildman–Crippen LogP) is 5.31. The average molecular weight is 388 g/mol. The number of esters is 2. The van der Waals surface area contributed by atoms with Crippen LogP contribution in [0.15, 0.2) is 85.5 Å². The van der Waals surface area contributed by atoms with E-state index in [1.54, 1.807) is 36.4 Å². The Hall–Kier alpha value is -3.99. The summed E-state index contributed by atoms with van der Waals surface area (Å²) >= 11 is 0. The first-order chi connectivity index (χ1) is 14.0. The molecule has 3 rings (SSSR count). The molecular weight excluding hydrogens is 371 g/mol. The van der Waals surface area contributed by atoms with E-state index in [0.29, 0.717) is 17.1 Å². The summed E-state index contributed by atoms with van der Waals surface area (Å²) in [6.07, 6.45) is 4.80. The molecule has 0 atom stereocenters. The molecule has 144 valence electrons. The first kappa shape index (κ1) is 19.8. The van der Waals surface area contributed by atoms with Crippen LogP contribution in [0.3, 0.4) is 0 Å². The van der Waals surface area contributed by atoms with Gasteiger partial charge in [0.2, 0.25) is 0 Å². The molecule has 0 aliphatic carbocycles. The smallest absolute Gasteiger partial charge is 0.343 e. The summed E-state index contributed by atoms with van der Waals surface area (Å²) < 4.78 is 23.2. The van der Waals surface area contributed by atoms with Crippen molar-refractivity contribution in [1.29, 1.82) is 0 Å². The topological polar surface area (TPSA) is 52.6 Å². The van der Waals surface area contributed by atoms with Gasteiger partial charge in [-0.2, -0.15) is 0 Å². The van der Waals surface area contributed by atoms with Gasteiger partial charge in [0, 0.05) is 6.08 Å². The van der Waals surface area contributed by atoms with Crippen molar-refractivity contribution in [1.82, 2.24) is 0 Å². The van der Waals surface area contributed by atoms with Crippen molar-refractivity contribution in [2.45, 2.75) is 0 Å². The SMILES string of the molecule is C=CC(=O)Oc1ccc(C(=O)Oc2ccc(/C=C/c3ccc(F)cc3)cc2)cc1. The molecule has 0 aliphatic rings. The van der Waals surface area contributed by atoms with Gasteiger partial charge < -0.3 is 9.47 Å². The molecule has 0 aromatic heterocycles. The largest absolute Gasteiger partial charge is 0.423 e. The Labute approximate surface area is 167 Å². The maximum absolute atomic E-state index is 12.9. The van der Waals surface area contributed by atoms with Crippen LogP contribution in [0.4, 0.5) is 4.39 Å². The molecule has 3 aromatic rings. The minimum Gasteiger partial charge on any atom is -0.423 e. The van der Waals surface area contributed by atoms with Gasteiger partial charge in [-0.15, -0.1) is 0 Å². The Bertz CT molecular complexity index is 1030. The van der Waals surface area contributed by atoms with Gasteiger partial charge in [-0.05, 0) is 59.7 Å². The standard InChI is InChI=1S/C24H17FO4/c1-2-23(26)28-21-15-9-19(10-16-21)24(27)29-22-13-7-18(8-14-22)4-3-17-5-11-20(25)12-6-17/h2-16H,1H2/b4-3+. The Morgan fingerprint density at radius 3 is 1.76 bits per heavy atom. The molecule has 0 saturated carbocycles. The first-order valence-corrected chi connectivity index (χ1v) is 8.74. The molecule has 0 fully saturated rings. The normalized spacial score (nSPS) is 10.5. The fourth-order valence-corrected chi connectivity index (χ4v) is 2.40. The molecule has 0 aliphatic heterocycles. The van der Waals surface area contributed by atoms with E-state index in [1.807, 2.05) is 12.2 Å². The van der Waals surface area contributed by atoms with E-state index in [1.165, 1.54) is 36.4 Å². The van der Waals surface area contributed by atoms with Crippen molar-refractivity contribution in [3.8, 4) is 11.5 Å². The van der Waals surface area contributed by atoms with Crippen LogP contribution in [0.1, 0.15) is 21.5 Å². The molecular formula is C24H17FO4. The zero-order chi connectivity index (χ0) is 20.6. The number of hydrogen-bond acceptors (Lipinski definition) is 4. The summed E-state index contributed by atoms with van der Waals surface area (Å²) in [5.41, 5.74) is 2.11. The fraction of sp³-hybridized carbons (Fsp3) is 0. The number of halogens is 1. The van der Waals surface area contributed by atoms with E-state index in [4.69, 9.17) is 9.47 Å². The van der Waals surface area contributed by atoms with E-state index in [2.05, 4.69) is 6.58 Å². The van der Waals surface area contributed by atoms with Gasteiger partial charge in [0.25, 0.3) is 0 Å². The van der Waals surface area contributed by atoms with Crippen LogP contribution < -0.4 is 9.47 Å². The van der Waals surface area contributed by atoms with Crippen LogP contribution >= 0.6 is 0 Å². The number of rotatable bonds is 6. The molecule has 0 saturated heterocycles. The summed E-state index contributed by atoms with van der Waals surface area (Å²) in [4.78, 5) is 23.4. The maximum Gasteiger partial charge on any atom is 0.343 e. The van der Waals surface area contributed by atoms with Gasteiger partial charge in [-0.3, -0.25) is 0 Å². The van der Waals surface area contributed by atoms with E-state index >= 15 is 0 Å². The molecule has 0 amide bonds. The highest BCUT2D eigenvalue weighted by atomic mass is 19.1. The first-order valence-electron chi connectivity index (χ1n) is 8.74. The second kappa shape index (κ2) is 9.28. The van der Waals surface area contributed by atoms with Crippen molar-refractivity contribution in [2.75, 3.05) is 0 Å². The molecule has 0 N–H and O–H groups in total. The Kier molecular flexibility index (Phi) is 6.32. The summed E-state index contributed by atoms with van der Waals surface area (Å²) in [6, 6.07) is 19.2. The lowest BCUT2D eigenvalue weighted by Gasteiger charge is -2.06. The van der Waals surface area contributed by atoms with Crippen molar-refractivity contribution in [3.05, 3.63) is 108 Å². The van der Waals surface area contributed by atoms with Crippen LogP contribution in [0, 0.1) is 5.82 Å². The molecule has 0 unspecified atom stereocenters. The molecule has 0 bridgehead atoms. The van der Waals surface area contributed by atoms with Crippen molar-refractivity contribution in [2.24, 2.45) is 0 Å². The number of hydrogen-bond donors (Lipinski definition) is 0. The third-order valence-corrected chi connectivity index (χ3v) is 3.90. The van der Waals surface area contributed by atoms with E-state index < -0.39 is 11.9 Å². The molecule has 29 heavy (non-hydrogen) atoms. The van der Waals surface area contributed by atoms with Crippen LogP contribution in [-0.2, 0) is 4.79 Å². The summed E-state index contributed by atoms with van der Waals surface area (Å²) in [5, 5.41) is 0. The minimum atomic E-state index is -0.575. The molecule has 0 spiro atoms. The lowest BCUT2D eigenvalue weighted by molar-refractivity contribution is -0.128. The third-order valence-electron chi connectivity index (χ3n) is 3.90. The third kappa shape index (κ3) is 5.74. The lowest BCUT2D eigenvalue weighted by Crippen LogP contribution is -2.09. The monoisotopic (exact) mass is 388 g/mol. The Morgan fingerprint density at radius 1 is 0.724 bits per heavy atom. The van der Waals surface area contributed by atoms with Crippen molar-refractivity contribution < 1.29 is 23.5 Å². The number of carbonyl (C=O) groups excluding carboxylic acids is 2. The van der Waals surface area contributed by atoms with Crippen molar-refractivity contribution >= 4 is 24.1 Å². The number of carbonyl (C=O) groups is 2. The number of benzene rings is 3. The highest BCUT2D eigenvalue weighted by Gasteiger charge is 2.09. The minimum absolute atomic E-state index is 0.277. The molecule has 0 radical (unpaired) electrons. The van der Waals surface area contributed by atoms with Gasteiger partial charge in [0.15, 0.2) is 0 Å². The van der Waals surface area contributed by atoms with Crippen LogP contribution in [0.2, 0.25) is 0 Å². The average Bonchev–Trinajstić information content (AvgIpc) is 2.74. The van der Waals surface area contributed by atoms with Crippen LogP contribution in [-0.4, -0.2) is 11.9 Å². The zero-order valence-electron chi connectivity index (χ0n) is 15.4. The summed E-state index contributed by atoms with van der Waals surface area (Å²) in [7, 11) is 0. The zero-order valence-corrected chi connectivity index (χ0v) is 15.4. The molecule has 4 nitrogen and oxygen atoms in total. The highest BCUT2D eigenvalue weighted by molar-refractivity contribution is 5.91. The quantitative estimate of drug-likeness (QED) is 0.249. The second-order valence-electron chi connectivity index (χ2n) is 5.99. The summed E-state index contributed by atoms with van der Waals surface area (Å²) in [5.74, 6) is -0.671. The maximum atomic E-state index is 12.9. The lowest BCUT2D eigenvalue weighted by atomic mass is 10.1. The Balaban J connectivity index is 1.60. The van der Waals surface area contributed by atoms with Crippen molar-refractivity contribution in [3.63, 3.8) is 0 Å². The van der Waals surface area contributed by atoms with Gasteiger partial charge in [0.05, 0.1) is 5.56 Å². The van der Waals surface area contributed by atoms with Crippen LogP contribution in [0.5, 0.6) is 11.5 Å². The van der Waals surface area contributed by atoms with Gasteiger partial charge in [-0.1, -0.05) is 43.0 Å². The van der Waals surface area contributed by atoms with E-state index in [0.717, 1.165) is 17.2 Å². The van der Waals surface area contributed by atoms with E-state index in [9.17, 15) is 14.0 Å².